The summed E-state index contributed by atoms with van der Waals surface area (Å²) >= 11 is 5.45. The van der Waals surface area contributed by atoms with Crippen LogP contribution in [0, 0.1) is 5.41 Å². The van der Waals surface area contributed by atoms with E-state index in [0.717, 1.165) is 44.1 Å². The van der Waals surface area contributed by atoms with Crippen molar-refractivity contribution >= 4 is 35.7 Å². The minimum Gasteiger partial charge on any atom is -0.481 e. The van der Waals surface area contributed by atoms with Crippen molar-refractivity contribution < 1.29 is 9.90 Å². The first-order chi connectivity index (χ1) is 8.12. The van der Waals surface area contributed by atoms with Crippen molar-refractivity contribution in [3.05, 3.63) is 0 Å². The average Bonchev–Trinajstić information content (AvgIpc) is 3.03. The van der Waals surface area contributed by atoms with E-state index >= 15 is 0 Å². The Hall–Kier alpha value is -0.590. The van der Waals surface area contributed by atoms with E-state index in [1.807, 2.05) is 0 Å². The minimum atomic E-state index is -0.664. The number of nitrogens with zero attached hydrogens (tertiary/aromatic N) is 2. The number of hydrogen-bond acceptors (Lipinski definition) is 3. The number of piperazine rings is 1. The van der Waals surface area contributed by atoms with E-state index in [0.29, 0.717) is 12.6 Å². The van der Waals surface area contributed by atoms with Gasteiger partial charge in [-0.3, -0.25) is 4.79 Å². The molecule has 0 unspecified atom stereocenters. The fourth-order valence-electron chi connectivity index (χ4n) is 2.78. The van der Waals surface area contributed by atoms with Crippen LogP contribution in [0.15, 0.2) is 0 Å². The summed E-state index contributed by atoms with van der Waals surface area (Å²) in [5.74, 6) is -0.664. The fourth-order valence-corrected chi connectivity index (χ4v) is 3.16. The summed E-state index contributed by atoms with van der Waals surface area (Å²) in [6.07, 6.45) is 1.59. The lowest BCUT2D eigenvalue weighted by molar-refractivity contribution is -0.143. The topological polar surface area (TPSA) is 55.8 Å². The molecular weight excluding hydrogens is 274 g/mol. The van der Waals surface area contributed by atoms with E-state index in [9.17, 15) is 9.90 Å². The largest absolute Gasteiger partial charge is 0.481 e. The van der Waals surface area contributed by atoms with Gasteiger partial charge in [0.1, 0.15) is 0 Å². The summed E-state index contributed by atoms with van der Waals surface area (Å²) in [4.78, 5) is 15.5. The molecule has 2 N–H and O–H groups in total. The highest BCUT2D eigenvalue weighted by Gasteiger charge is 2.53. The van der Waals surface area contributed by atoms with Crippen molar-refractivity contribution in [2.75, 3.05) is 32.7 Å². The molecule has 0 amide bonds. The van der Waals surface area contributed by atoms with Gasteiger partial charge in [-0.15, -0.1) is 12.4 Å². The summed E-state index contributed by atoms with van der Waals surface area (Å²) in [6, 6.07) is 0.431. The normalized spacial score (nSPS) is 28.7. The van der Waals surface area contributed by atoms with Crippen LogP contribution in [-0.2, 0) is 4.79 Å². The highest BCUT2D eigenvalue weighted by Crippen LogP contribution is 2.47. The molecule has 0 aromatic rings. The van der Waals surface area contributed by atoms with E-state index in [4.69, 9.17) is 12.2 Å². The van der Waals surface area contributed by atoms with E-state index in [-0.39, 0.29) is 12.4 Å². The average molecular weight is 292 g/mol. The molecule has 1 aliphatic carbocycles. The first-order valence-electron chi connectivity index (χ1n) is 6.12. The Kier molecular flexibility index (Phi) is 3.71. The summed E-state index contributed by atoms with van der Waals surface area (Å²) < 4.78 is 0. The van der Waals surface area contributed by atoms with Gasteiger partial charge in [-0.25, -0.2) is 0 Å². The SMILES string of the molecule is Cl.O=C(O)C1(CN2C[C@@H]3CNCCN3C2=S)CC1. The van der Waals surface area contributed by atoms with Gasteiger partial charge in [-0.2, -0.15) is 0 Å². The number of rotatable bonds is 3. The van der Waals surface area contributed by atoms with Gasteiger partial charge in [0.25, 0.3) is 0 Å². The van der Waals surface area contributed by atoms with Gasteiger partial charge in [0.05, 0.1) is 11.5 Å². The predicted molar refractivity (Wildman–Crippen MR) is 74.1 cm³/mol. The molecule has 0 radical (unpaired) electrons. The molecule has 1 atom stereocenters. The maximum absolute atomic E-state index is 11.2. The Morgan fingerprint density at radius 2 is 2.28 bits per heavy atom. The van der Waals surface area contributed by atoms with Crippen LogP contribution in [0.3, 0.4) is 0 Å². The minimum absolute atomic E-state index is 0. The molecule has 0 spiro atoms. The molecule has 3 rings (SSSR count). The first-order valence-corrected chi connectivity index (χ1v) is 6.53. The van der Waals surface area contributed by atoms with Crippen LogP contribution >= 0.6 is 24.6 Å². The Balaban J connectivity index is 0.00000120. The number of thiocarbonyl (C=S) groups is 1. The molecule has 7 heteroatoms. The number of nitrogens with one attached hydrogen (secondary N) is 1. The number of carboxylic acids is 1. The predicted octanol–water partition coefficient (Wildman–Crippen LogP) is 0.147. The number of aliphatic carboxylic acids is 1. The summed E-state index contributed by atoms with van der Waals surface area (Å²) in [7, 11) is 0. The molecule has 18 heavy (non-hydrogen) atoms. The molecule has 102 valence electrons. The van der Waals surface area contributed by atoms with E-state index in [1.54, 1.807) is 0 Å². The summed E-state index contributed by atoms with van der Waals surface area (Å²) in [5, 5.41) is 13.4. The van der Waals surface area contributed by atoms with Crippen molar-refractivity contribution in [3.8, 4) is 0 Å². The third kappa shape index (κ3) is 2.17. The van der Waals surface area contributed by atoms with Crippen molar-refractivity contribution in [2.45, 2.75) is 18.9 Å². The third-order valence-electron chi connectivity index (χ3n) is 4.10. The Morgan fingerprint density at radius 1 is 1.56 bits per heavy atom. The zero-order valence-corrected chi connectivity index (χ0v) is 11.7. The Labute approximate surface area is 118 Å². The van der Waals surface area contributed by atoms with Crippen molar-refractivity contribution in [1.29, 1.82) is 0 Å². The molecule has 0 aromatic heterocycles. The highest BCUT2D eigenvalue weighted by atomic mass is 35.5. The lowest BCUT2D eigenvalue weighted by Gasteiger charge is -2.30. The van der Waals surface area contributed by atoms with Crippen LogP contribution in [0.1, 0.15) is 12.8 Å². The molecule has 0 aromatic carbocycles. The molecule has 1 saturated carbocycles. The molecule has 3 fully saturated rings. The van der Waals surface area contributed by atoms with Crippen molar-refractivity contribution in [3.63, 3.8) is 0 Å². The van der Waals surface area contributed by atoms with Gasteiger partial charge in [0.2, 0.25) is 0 Å². The van der Waals surface area contributed by atoms with E-state index in [2.05, 4.69) is 15.1 Å². The van der Waals surface area contributed by atoms with E-state index in [1.165, 1.54) is 0 Å². The van der Waals surface area contributed by atoms with Gasteiger partial charge in [0.15, 0.2) is 5.11 Å². The number of fused-ring (bicyclic) bond motifs is 1. The third-order valence-corrected chi connectivity index (χ3v) is 4.59. The van der Waals surface area contributed by atoms with Crippen molar-refractivity contribution in [2.24, 2.45) is 5.41 Å². The summed E-state index contributed by atoms with van der Waals surface area (Å²) in [5.41, 5.74) is -0.508. The second kappa shape index (κ2) is 4.83. The van der Waals surface area contributed by atoms with Gasteiger partial charge < -0.3 is 20.2 Å². The molecule has 0 bridgehead atoms. The number of halogens is 1. The fraction of sp³-hybridized carbons (Fsp3) is 0.818. The van der Waals surface area contributed by atoms with Crippen LogP contribution < -0.4 is 5.32 Å². The zero-order chi connectivity index (χ0) is 12.0. The lowest BCUT2D eigenvalue weighted by Crippen LogP contribution is -2.49. The van der Waals surface area contributed by atoms with Crippen molar-refractivity contribution in [1.82, 2.24) is 15.1 Å². The first kappa shape index (κ1) is 13.8. The van der Waals surface area contributed by atoms with Crippen LogP contribution in [0.4, 0.5) is 0 Å². The Bertz CT molecular complexity index is 375. The number of hydrogen-bond donors (Lipinski definition) is 2. The van der Waals surface area contributed by atoms with Crippen LogP contribution in [0.2, 0.25) is 0 Å². The van der Waals surface area contributed by atoms with Gasteiger partial charge in [-0.05, 0) is 25.1 Å². The second-order valence-corrected chi connectivity index (χ2v) is 5.67. The van der Waals surface area contributed by atoms with Gasteiger partial charge in [-0.1, -0.05) is 0 Å². The standard InChI is InChI=1S/C11H17N3O2S.ClH/c15-9(16)11(1-2-11)7-13-6-8-5-12-3-4-14(8)10(13)17;/h8,12H,1-7H2,(H,15,16);1H/t8-;/m0./s1. The Morgan fingerprint density at radius 3 is 2.83 bits per heavy atom. The highest BCUT2D eigenvalue weighted by molar-refractivity contribution is 7.80. The van der Waals surface area contributed by atoms with Crippen LogP contribution in [0.25, 0.3) is 0 Å². The second-order valence-electron chi connectivity index (χ2n) is 5.30. The monoisotopic (exact) mass is 291 g/mol. The summed E-state index contributed by atoms with van der Waals surface area (Å²) in [6.45, 7) is 4.33. The number of carbonyl (C=O) groups is 1. The zero-order valence-electron chi connectivity index (χ0n) is 10.1. The van der Waals surface area contributed by atoms with E-state index < -0.39 is 11.4 Å². The van der Waals surface area contributed by atoms with Crippen LogP contribution in [-0.4, -0.2) is 64.8 Å². The molecule has 2 aliphatic heterocycles. The molecule has 2 heterocycles. The maximum Gasteiger partial charge on any atom is 0.311 e. The molecule has 5 nitrogen and oxygen atoms in total. The molecular formula is C11H18ClN3O2S. The number of carboxylic acid groups (broad SMARTS) is 1. The maximum atomic E-state index is 11.2. The molecule has 3 aliphatic rings. The molecule has 2 saturated heterocycles. The van der Waals surface area contributed by atoms with Gasteiger partial charge in [0, 0.05) is 32.7 Å². The van der Waals surface area contributed by atoms with Crippen LogP contribution in [0.5, 0.6) is 0 Å². The van der Waals surface area contributed by atoms with Gasteiger partial charge >= 0.3 is 5.97 Å². The lowest BCUT2D eigenvalue weighted by atomic mass is 10.1. The quantitative estimate of drug-likeness (QED) is 0.722. The smallest absolute Gasteiger partial charge is 0.311 e.